The van der Waals surface area contributed by atoms with Gasteiger partial charge in [-0.2, -0.15) is 0 Å². The minimum Gasteiger partial charge on any atom is -0.342 e. The molecule has 8 heteroatoms. The van der Waals surface area contributed by atoms with Crippen molar-refractivity contribution < 1.29 is 9.59 Å². The van der Waals surface area contributed by atoms with Crippen molar-refractivity contribution in [2.45, 2.75) is 33.7 Å². The maximum absolute atomic E-state index is 12.3. The van der Waals surface area contributed by atoms with Crippen molar-refractivity contribution in [3.8, 4) is 0 Å². The summed E-state index contributed by atoms with van der Waals surface area (Å²) < 4.78 is 1.53. The van der Waals surface area contributed by atoms with E-state index >= 15 is 0 Å². The SMILES string of the molecule is C[C@@H](Sc1nnc(SCC(=O)c2ccccc2)s1)C(=O)N1CCCC1. The maximum Gasteiger partial charge on any atom is 0.235 e. The minimum atomic E-state index is -0.158. The van der Waals surface area contributed by atoms with E-state index in [9.17, 15) is 9.59 Å². The van der Waals surface area contributed by atoms with E-state index in [1.165, 1.54) is 34.9 Å². The second kappa shape index (κ2) is 8.82. The molecule has 0 N–H and O–H groups in total. The average Bonchev–Trinajstić information content (AvgIpc) is 3.32. The third-order valence-electron chi connectivity index (χ3n) is 3.85. The standard InChI is InChI=1S/C17H19N3O2S3/c1-12(15(22)20-9-5-6-10-20)24-17-19-18-16(25-17)23-11-14(21)13-7-3-2-4-8-13/h2-4,7-8,12H,5-6,9-11H2,1H3/t12-/m1/s1. The molecule has 1 amide bonds. The van der Waals surface area contributed by atoms with Gasteiger partial charge in [0.1, 0.15) is 0 Å². The molecule has 1 aromatic carbocycles. The second-order valence-electron chi connectivity index (χ2n) is 5.70. The van der Waals surface area contributed by atoms with Crippen LogP contribution in [0.25, 0.3) is 0 Å². The highest BCUT2D eigenvalue weighted by atomic mass is 32.2. The molecule has 0 radical (unpaired) electrons. The maximum atomic E-state index is 12.3. The van der Waals surface area contributed by atoms with Gasteiger partial charge in [-0.15, -0.1) is 10.2 Å². The first-order valence-electron chi connectivity index (χ1n) is 8.13. The second-order valence-corrected chi connectivity index (χ2v) is 9.49. The van der Waals surface area contributed by atoms with Gasteiger partial charge in [0.15, 0.2) is 14.5 Å². The highest BCUT2D eigenvalue weighted by molar-refractivity contribution is 8.04. The molecule has 0 unspecified atom stereocenters. The summed E-state index contributed by atoms with van der Waals surface area (Å²) in [6.45, 7) is 3.64. The van der Waals surface area contributed by atoms with E-state index in [-0.39, 0.29) is 16.9 Å². The summed E-state index contributed by atoms with van der Waals surface area (Å²) in [5, 5.41) is 8.11. The monoisotopic (exact) mass is 393 g/mol. The van der Waals surface area contributed by atoms with E-state index in [4.69, 9.17) is 0 Å². The van der Waals surface area contributed by atoms with Crippen molar-refractivity contribution in [3.63, 3.8) is 0 Å². The molecule has 2 aromatic rings. The zero-order chi connectivity index (χ0) is 17.6. The molecule has 132 valence electrons. The lowest BCUT2D eigenvalue weighted by Crippen LogP contribution is -2.33. The van der Waals surface area contributed by atoms with Gasteiger partial charge in [-0.3, -0.25) is 9.59 Å². The number of thioether (sulfide) groups is 2. The fourth-order valence-corrected chi connectivity index (χ4v) is 5.68. The number of Topliss-reactive ketones (excluding diaryl/α,β-unsaturated/α-hetero) is 1. The van der Waals surface area contributed by atoms with Gasteiger partial charge in [-0.1, -0.05) is 65.2 Å². The fraction of sp³-hybridized carbons (Fsp3) is 0.412. The number of hydrogen-bond acceptors (Lipinski definition) is 7. The van der Waals surface area contributed by atoms with Gasteiger partial charge in [0.2, 0.25) is 5.91 Å². The Morgan fingerprint density at radius 1 is 1.16 bits per heavy atom. The number of carbonyl (C=O) groups excluding carboxylic acids is 2. The summed E-state index contributed by atoms with van der Waals surface area (Å²) in [6, 6.07) is 9.24. The topological polar surface area (TPSA) is 63.2 Å². The molecule has 1 aliphatic rings. The summed E-state index contributed by atoms with van der Waals surface area (Å²) >= 11 is 4.28. The van der Waals surface area contributed by atoms with Crippen molar-refractivity contribution in [3.05, 3.63) is 35.9 Å². The van der Waals surface area contributed by atoms with E-state index in [1.807, 2.05) is 42.2 Å². The van der Waals surface area contributed by atoms with Crippen LogP contribution >= 0.6 is 34.9 Å². The summed E-state index contributed by atoms with van der Waals surface area (Å²) in [5.74, 6) is 0.588. The molecule has 2 heterocycles. The molecule has 1 atom stereocenters. The van der Waals surface area contributed by atoms with Crippen LogP contribution in [0.5, 0.6) is 0 Å². The Hall–Kier alpha value is -1.38. The molecule has 1 saturated heterocycles. The van der Waals surface area contributed by atoms with Crippen molar-refractivity contribution in [2.75, 3.05) is 18.8 Å². The Balaban J connectivity index is 1.50. The molecule has 0 aliphatic carbocycles. The highest BCUT2D eigenvalue weighted by Crippen LogP contribution is 2.32. The van der Waals surface area contributed by atoms with Crippen LogP contribution < -0.4 is 0 Å². The van der Waals surface area contributed by atoms with Crippen LogP contribution in [0.1, 0.15) is 30.1 Å². The van der Waals surface area contributed by atoms with Crippen molar-refractivity contribution in [2.24, 2.45) is 0 Å². The van der Waals surface area contributed by atoms with Crippen LogP contribution in [0.15, 0.2) is 39.0 Å². The zero-order valence-electron chi connectivity index (χ0n) is 13.9. The number of ketones is 1. The first-order valence-corrected chi connectivity index (χ1v) is 10.8. The number of nitrogens with zero attached hydrogens (tertiary/aromatic N) is 3. The van der Waals surface area contributed by atoms with Gasteiger partial charge in [-0.25, -0.2) is 0 Å². The Morgan fingerprint density at radius 2 is 1.84 bits per heavy atom. The average molecular weight is 394 g/mol. The molecule has 1 aromatic heterocycles. The van der Waals surface area contributed by atoms with E-state index in [0.717, 1.165) is 34.6 Å². The highest BCUT2D eigenvalue weighted by Gasteiger charge is 2.25. The van der Waals surface area contributed by atoms with Crippen LogP contribution in [0.3, 0.4) is 0 Å². The van der Waals surface area contributed by atoms with Gasteiger partial charge in [-0.05, 0) is 19.8 Å². The molecular formula is C17H19N3O2S3. The summed E-state index contributed by atoms with van der Waals surface area (Å²) in [5.41, 5.74) is 0.707. The number of hydrogen-bond donors (Lipinski definition) is 0. The number of carbonyl (C=O) groups is 2. The number of likely N-dealkylation sites (tertiary alicyclic amines) is 1. The quantitative estimate of drug-likeness (QED) is 0.529. The van der Waals surface area contributed by atoms with Gasteiger partial charge in [0, 0.05) is 18.7 Å². The van der Waals surface area contributed by atoms with Crippen molar-refractivity contribution in [1.29, 1.82) is 0 Å². The predicted octanol–water partition coefficient (Wildman–Crippen LogP) is 3.62. The van der Waals surface area contributed by atoms with Gasteiger partial charge in [0.25, 0.3) is 0 Å². The third kappa shape index (κ3) is 5.05. The fourth-order valence-electron chi connectivity index (χ4n) is 2.53. The Kier molecular flexibility index (Phi) is 6.50. The van der Waals surface area contributed by atoms with E-state index in [1.54, 1.807) is 0 Å². The van der Waals surface area contributed by atoms with Crippen LogP contribution in [-0.4, -0.2) is 50.9 Å². The lowest BCUT2D eigenvalue weighted by Gasteiger charge is -2.18. The molecule has 0 saturated carbocycles. The van der Waals surface area contributed by atoms with Crippen LogP contribution in [0, 0.1) is 0 Å². The van der Waals surface area contributed by atoms with Gasteiger partial charge >= 0.3 is 0 Å². The van der Waals surface area contributed by atoms with Gasteiger partial charge in [0.05, 0.1) is 11.0 Å². The number of aromatic nitrogens is 2. The Labute approximate surface area is 159 Å². The van der Waals surface area contributed by atoms with Crippen LogP contribution in [-0.2, 0) is 4.79 Å². The number of benzene rings is 1. The molecular weight excluding hydrogens is 374 g/mol. The summed E-state index contributed by atoms with van der Waals surface area (Å²) in [7, 11) is 0. The van der Waals surface area contributed by atoms with Crippen molar-refractivity contribution >= 4 is 46.6 Å². The smallest absolute Gasteiger partial charge is 0.235 e. The molecule has 3 rings (SSSR count). The minimum absolute atomic E-state index is 0.0765. The predicted molar refractivity (Wildman–Crippen MR) is 103 cm³/mol. The normalized spacial score (nSPS) is 15.3. The van der Waals surface area contributed by atoms with Crippen LogP contribution in [0.4, 0.5) is 0 Å². The first kappa shape index (κ1) is 18.4. The largest absolute Gasteiger partial charge is 0.342 e. The van der Waals surface area contributed by atoms with E-state index in [0.29, 0.717) is 11.3 Å². The van der Waals surface area contributed by atoms with E-state index in [2.05, 4.69) is 10.2 Å². The first-order chi connectivity index (χ1) is 12.1. The molecule has 0 bridgehead atoms. The number of amides is 1. The Morgan fingerprint density at radius 3 is 2.56 bits per heavy atom. The molecule has 5 nitrogen and oxygen atoms in total. The van der Waals surface area contributed by atoms with Crippen molar-refractivity contribution in [1.82, 2.24) is 15.1 Å². The number of rotatable bonds is 7. The lowest BCUT2D eigenvalue weighted by atomic mass is 10.2. The van der Waals surface area contributed by atoms with Crippen LogP contribution in [0.2, 0.25) is 0 Å². The molecule has 0 spiro atoms. The molecule has 1 fully saturated rings. The summed E-state index contributed by atoms with van der Waals surface area (Å²) in [4.78, 5) is 26.4. The third-order valence-corrected chi connectivity index (χ3v) is 7.08. The summed E-state index contributed by atoms with van der Waals surface area (Å²) in [6.07, 6.45) is 2.19. The zero-order valence-corrected chi connectivity index (χ0v) is 16.3. The lowest BCUT2D eigenvalue weighted by molar-refractivity contribution is -0.129. The van der Waals surface area contributed by atoms with E-state index < -0.39 is 0 Å². The Bertz CT molecular complexity index is 730. The van der Waals surface area contributed by atoms with Gasteiger partial charge < -0.3 is 4.90 Å². The molecule has 25 heavy (non-hydrogen) atoms. The molecule has 1 aliphatic heterocycles.